The molecule has 0 heterocycles. The summed E-state index contributed by atoms with van der Waals surface area (Å²) < 4.78 is 45.2. The summed E-state index contributed by atoms with van der Waals surface area (Å²) in [7, 11) is 0.173. The molecule has 0 aliphatic heterocycles. The summed E-state index contributed by atoms with van der Waals surface area (Å²) in [5.74, 6) is 0.531. The van der Waals surface area contributed by atoms with Crippen molar-refractivity contribution in [3.05, 3.63) is 78.4 Å². The van der Waals surface area contributed by atoms with Gasteiger partial charge in [-0.25, -0.2) is 8.42 Å². The number of rotatable bonds is 14. The fraction of sp³-hybridized carbons (Fsp3) is 0.355. The van der Waals surface area contributed by atoms with Crippen molar-refractivity contribution in [3.63, 3.8) is 0 Å². The zero-order valence-corrected chi connectivity index (χ0v) is 25.7. The lowest BCUT2D eigenvalue weighted by atomic mass is 10.1. The highest BCUT2D eigenvalue weighted by atomic mass is 32.2. The molecule has 3 rings (SSSR count). The number of sulfonamides is 1. The predicted molar refractivity (Wildman–Crippen MR) is 161 cm³/mol. The van der Waals surface area contributed by atoms with Gasteiger partial charge in [-0.05, 0) is 54.8 Å². The van der Waals surface area contributed by atoms with Crippen LogP contribution in [0.15, 0.2) is 77.7 Å². The summed E-state index contributed by atoms with van der Waals surface area (Å²) >= 11 is 0. The number of carbonyl (C=O) groups excluding carboxylic acids is 2. The van der Waals surface area contributed by atoms with Gasteiger partial charge in [0.2, 0.25) is 11.8 Å². The Morgan fingerprint density at radius 1 is 0.833 bits per heavy atom. The van der Waals surface area contributed by atoms with Crippen LogP contribution in [0.1, 0.15) is 26.3 Å². The Labute approximate surface area is 248 Å². The number of anilines is 1. The number of benzene rings is 3. The Hall–Kier alpha value is -4.25. The van der Waals surface area contributed by atoms with E-state index in [4.69, 9.17) is 14.2 Å². The molecule has 2 amide bonds. The molecule has 0 fully saturated rings. The topological polar surface area (TPSA) is 114 Å². The highest BCUT2D eigenvalue weighted by Gasteiger charge is 2.34. The van der Waals surface area contributed by atoms with Gasteiger partial charge in [-0.2, -0.15) is 0 Å². The van der Waals surface area contributed by atoms with Gasteiger partial charge in [-0.3, -0.25) is 13.9 Å². The van der Waals surface area contributed by atoms with Crippen molar-refractivity contribution >= 4 is 27.5 Å². The zero-order valence-electron chi connectivity index (χ0n) is 24.9. The Kier molecular flexibility index (Phi) is 11.2. The number of methoxy groups -OCH3 is 3. The van der Waals surface area contributed by atoms with Crippen LogP contribution >= 0.6 is 0 Å². The molecule has 0 aromatic heterocycles. The van der Waals surface area contributed by atoms with E-state index < -0.39 is 28.5 Å². The lowest BCUT2D eigenvalue weighted by molar-refractivity contribution is -0.139. The van der Waals surface area contributed by atoms with Crippen molar-refractivity contribution < 1.29 is 32.2 Å². The monoisotopic (exact) mass is 597 g/mol. The first-order valence-electron chi connectivity index (χ1n) is 13.5. The van der Waals surface area contributed by atoms with Crippen molar-refractivity contribution in [1.29, 1.82) is 0 Å². The van der Waals surface area contributed by atoms with E-state index in [9.17, 15) is 18.0 Å². The zero-order chi connectivity index (χ0) is 30.9. The van der Waals surface area contributed by atoms with Gasteiger partial charge in [0.1, 0.15) is 29.8 Å². The molecule has 10 nitrogen and oxygen atoms in total. The largest absolute Gasteiger partial charge is 0.497 e. The standard InChI is InChI=1S/C31H39N3O7S/c1-22(2)19-32-31(36)23(3)33(20-24-12-14-25(39-4)15-13-24)30(35)21-34(42(37,38)27-10-8-7-9-11-27)28-18-26(40-5)16-17-29(28)41-6/h7-18,22-23H,19-21H2,1-6H3,(H,32,36)/t23-/m0/s1. The minimum absolute atomic E-state index is 0.00731. The molecule has 0 saturated heterocycles. The molecule has 0 aliphatic carbocycles. The highest BCUT2D eigenvalue weighted by molar-refractivity contribution is 7.92. The highest BCUT2D eigenvalue weighted by Crippen LogP contribution is 2.36. The van der Waals surface area contributed by atoms with Gasteiger partial charge in [-0.15, -0.1) is 0 Å². The molecule has 0 aliphatic rings. The number of ether oxygens (including phenoxy) is 3. The van der Waals surface area contributed by atoms with Crippen LogP contribution in [0.4, 0.5) is 5.69 Å². The Morgan fingerprint density at radius 2 is 1.45 bits per heavy atom. The summed E-state index contributed by atoms with van der Waals surface area (Å²) in [6, 6.07) is 18.7. The molecule has 3 aromatic rings. The first-order chi connectivity index (χ1) is 20.0. The lowest BCUT2D eigenvalue weighted by Crippen LogP contribution is -2.51. The Morgan fingerprint density at radius 3 is 2.02 bits per heavy atom. The van der Waals surface area contributed by atoms with Crippen molar-refractivity contribution in [2.45, 2.75) is 38.3 Å². The maximum atomic E-state index is 14.1. The number of nitrogens with one attached hydrogen (secondary N) is 1. The molecule has 0 saturated carbocycles. The molecule has 1 N–H and O–H groups in total. The maximum Gasteiger partial charge on any atom is 0.264 e. The van der Waals surface area contributed by atoms with E-state index in [2.05, 4.69) is 5.32 Å². The van der Waals surface area contributed by atoms with Crippen LogP contribution in [0.2, 0.25) is 0 Å². The van der Waals surface area contributed by atoms with Crippen LogP contribution in [-0.4, -0.2) is 65.6 Å². The van der Waals surface area contributed by atoms with Gasteiger partial charge >= 0.3 is 0 Å². The van der Waals surface area contributed by atoms with E-state index in [0.29, 0.717) is 18.0 Å². The van der Waals surface area contributed by atoms with E-state index in [-0.39, 0.29) is 34.7 Å². The molecule has 0 spiro atoms. The first-order valence-corrected chi connectivity index (χ1v) is 15.0. The first kappa shape index (κ1) is 32.3. The van der Waals surface area contributed by atoms with Crippen LogP contribution in [0, 0.1) is 5.92 Å². The molecule has 3 aromatic carbocycles. The number of hydrogen-bond acceptors (Lipinski definition) is 7. The van der Waals surface area contributed by atoms with Crippen molar-refractivity contribution in [2.75, 3.05) is 38.7 Å². The van der Waals surface area contributed by atoms with Gasteiger partial charge < -0.3 is 24.4 Å². The molecular weight excluding hydrogens is 558 g/mol. The summed E-state index contributed by atoms with van der Waals surface area (Å²) in [6.07, 6.45) is 0. The summed E-state index contributed by atoms with van der Waals surface area (Å²) in [5.41, 5.74) is 0.861. The summed E-state index contributed by atoms with van der Waals surface area (Å²) in [4.78, 5) is 28.6. The molecular formula is C31H39N3O7S. The average molecular weight is 598 g/mol. The van der Waals surface area contributed by atoms with Gasteiger partial charge in [-0.1, -0.05) is 44.2 Å². The Bertz CT molecular complexity index is 1450. The van der Waals surface area contributed by atoms with Crippen LogP contribution in [-0.2, 0) is 26.2 Å². The normalized spacial score (nSPS) is 11.9. The molecule has 11 heteroatoms. The second-order valence-corrected chi connectivity index (χ2v) is 11.9. The lowest BCUT2D eigenvalue weighted by Gasteiger charge is -2.32. The van der Waals surface area contributed by atoms with E-state index in [0.717, 1.165) is 9.87 Å². The minimum Gasteiger partial charge on any atom is -0.497 e. The van der Waals surface area contributed by atoms with Gasteiger partial charge in [0.15, 0.2) is 0 Å². The molecule has 0 bridgehead atoms. The number of nitrogens with zero attached hydrogens (tertiary/aromatic N) is 2. The number of amides is 2. The van der Waals surface area contributed by atoms with Crippen molar-refractivity contribution in [3.8, 4) is 17.2 Å². The summed E-state index contributed by atoms with van der Waals surface area (Å²) in [6.45, 7) is 5.47. The third kappa shape index (κ3) is 7.94. The van der Waals surface area contributed by atoms with Crippen molar-refractivity contribution in [2.24, 2.45) is 5.92 Å². The second kappa shape index (κ2) is 14.6. The third-order valence-corrected chi connectivity index (χ3v) is 8.40. The summed E-state index contributed by atoms with van der Waals surface area (Å²) in [5, 5.41) is 2.87. The van der Waals surface area contributed by atoms with Crippen molar-refractivity contribution in [1.82, 2.24) is 10.2 Å². The maximum absolute atomic E-state index is 14.1. The molecule has 226 valence electrons. The average Bonchev–Trinajstić information content (AvgIpc) is 3.01. The minimum atomic E-state index is -4.26. The quantitative estimate of drug-likeness (QED) is 0.298. The van der Waals surface area contributed by atoms with Gasteiger partial charge in [0.05, 0.1) is 31.9 Å². The van der Waals surface area contributed by atoms with Crippen LogP contribution < -0.4 is 23.8 Å². The van der Waals surface area contributed by atoms with Crippen LogP contribution in [0.25, 0.3) is 0 Å². The smallest absolute Gasteiger partial charge is 0.264 e. The van der Waals surface area contributed by atoms with Gasteiger partial charge in [0.25, 0.3) is 10.0 Å². The van der Waals surface area contributed by atoms with E-state index in [1.165, 1.54) is 37.3 Å². The fourth-order valence-electron chi connectivity index (χ4n) is 4.19. The fourth-order valence-corrected chi connectivity index (χ4v) is 5.62. The molecule has 0 unspecified atom stereocenters. The van der Waals surface area contributed by atoms with E-state index >= 15 is 0 Å². The third-order valence-electron chi connectivity index (χ3n) is 6.63. The number of hydrogen-bond donors (Lipinski definition) is 1. The van der Waals surface area contributed by atoms with E-state index in [1.807, 2.05) is 13.8 Å². The predicted octanol–water partition coefficient (Wildman–Crippen LogP) is 4.10. The number of carbonyl (C=O) groups is 2. The molecule has 1 atom stereocenters. The SMILES string of the molecule is COc1ccc(CN(C(=O)CN(c2cc(OC)ccc2OC)S(=O)(=O)c2ccccc2)[C@@H](C)C(=O)NCC(C)C)cc1. The van der Waals surface area contributed by atoms with Crippen LogP contribution in [0.3, 0.4) is 0 Å². The second-order valence-electron chi connectivity index (χ2n) is 10.0. The van der Waals surface area contributed by atoms with Gasteiger partial charge in [0, 0.05) is 19.2 Å². The van der Waals surface area contributed by atoms with Crippen LogP contribution in [0.5, 0.6) is 17.2 Å². The van der Waals surface area contributed by atoms with E-state index in [1.54, 1.807) is 68.6 Å². The molecule has 42 heavy (non-hydrogen) atoms. The Balaban J connectivity index is 2.08. The molecule has 0 radical (unpaired) electrons.